The molecule has 0 saturated heterocycles. The second-order valence-corrected chi connectivity index (χ2v) is 4.79. The Labute approximate surface area is 106 Å². The summed E-state index contributed by atoms with van der Waals surface area (Å²) in [6.45, 7) is 0. The first-order valence-corrected chi connectivity index (χ1v) is 6.48. The molecule has 0 spiro atoms. The number of hydrogen-bond acceptors (Lipinski definition) is 3. The molecule has 18 heavy (non-hydrogen) atoms. The standard InChI is InChI=1S/C15H16O3/c16-15-11-5-3-1-2-4-6-12-7-8-13(17-12)10-14(9-11)18-15/h3,5,7-9,14H,1-2,4,6,10H2/b5-3-/t14-/m0/s1. The molecule has 1 aromatic heterocycles. The van der Waals surface area contributed by atoms with Crippen molar-refractivity contribution in [3.8, 4) is 0 Å². The number of aryl methyl sites for hydroxylation is 1. The molecule has 0 saturated carbocycles. The van der Waals surface area contributed by atoms with E-state index in [0.717, 1.165) is 37.2 Å². The van der Waals surface area contributed by atoms with Crippen molar-refractivity contribution in [2.75, 3.05) is 0 Å². The minimum atomic E-state index is -0.222. The number of hydrogen-bond donors (Lipinski definition) is 0. The third-order valence-electron chi connectivity index (χ3n) is 3.32. The maximum Gasteiger partial charge on any atom is 0.338 e. The van der Waals surface area contributed by atoms with Crippen LogP contribution in [-0.4, -0.2) is 12.1 Å². The number of carbonyl (C=O) groups excluding carboxylic acids is 1. The molecule has 1 aromatic rings. The van der Waals surface area contributed by atoms with Crippen LogP contribution in [0.5, 0.6) is 0 Å². The Kier molecular flexibility index (Phi) is 3.05. The topological polar surface area (TPSA) is 39.4 Å². The van der Waals surface area contributed by atoms with Crippen molar-refractivity contribution in [2.24, 2.45) is 0 Å². The lowest BCUT2D eigenvalue weighted by atomic mass is 10.1. The fourth-order valence-corrected chi connectivity index (χ4v) is 2.37. The van der Waals surface area contributed by atoms with Crippen LogP contribution >= 0.6 is 0 Å². The number of rotatable bonds is 0. The quantitative estimate of drug-likeness (QED) is 0.659. The molecule has 0 radical (unpaired) electrons. The molecule has 2 aliphatic heterocycles. The van der Waals surface area contributed by atoms with Gasteiger partial charge < -0.3 is 9.15 Å². The van der Waals surface area contributed by atoms with Gasteiger partial charge in [0, 0.05) is 12.8 Å². The Bertz CT molecular complexity index is 508. The molecule has 0 aromatic carbocycles. The molecule has 3 rings (SSSR count). The van der Waals surface area contributed by atoms with Crippen LogP contribution in [0.1, 0.15) is 30.8 Å². The van der Waals surface area contributed by atoms with E-state index in [2.05, 4.69) is 6.08 Å². The minimum Gasteiger partial charge on any atom is -0.466 e. The lowest BCUT2D eigenvalue weighted by Crippen LogP contribution is -2.10. The van der Waals surface area contributed by atoms with E-state index in [1.165, 1.54) is 0 Å². The first-order valence-electron chi connectivity index (χ1n) is 6.48. The van der Waals surface area contributed by atoms with Gasteiger partial charge >= 0.3 is 5.97 Å². The summed E-state index contributed by atoms with van der Waals surface area (Å²) in [5.41, 5.74) is 0.672. The molecule has 2 aliphatic rings. The minimum absolute atomic E-state index is 0.183. The Morgan fingerprint density at radius 1 is 1.17 bits per heavy atom. The van der Waals surface area contributed by atoms with Crippen LogP contribution in [0.4, 0.5) is 0 Å². The molecular weight excluding hydrogens is 228 g/mol. The summed E-state index contributed by atoms with van der Waals surface area (Å²) in [6, 6.07) is 4.01. The van der Waals surface area contributed by atoms with Crippen molar-refractivity contribution in [3.63, 3.8) is 0 Å². The van der Waals surface area contributed by atoms with Gasteiger partial charge in [0.05, 0.1) is 5.57 Å². The number of ether oxygens (including phenoxy) is 1. The summed E-state index contributed by atoms with van der Waals surface area (Å²) in [5.74, 6) is 1.70. The number of fused-ring (bicyclic) bond motifs is 3. The zero-order chi connectivity index (χ0) is 12.4. The molecule has 0 unspecified atom stereocenters. The predicted octanol–water partition coefficient (Wildman–Crippen LogP) is 2.96. The van der Waals surface area contributed by atoms with E-state index in [0.29, 0.717) is 12.0 Å². The second kappa shape index (κ2) is 4.84. The highest BCUT2D eigenvalue weighted by Gasteiger charge is 2.24. The van der Waals surface area contributed by atoms with Gasteiger partial charge in [-0.2, -0.15) is 0 Å². The van der Waals surface area contributed by atoms with Crippen molar-refractivity contribution in [2.45, 2.75) is 38.2 Å². The van der Waals surface area contributed by atoms with E-state index in [9.17, 15) is 4.79 Å². The molecule has 1 atom stereocenters. The molecule has 94 valence electrons. The van der Waals surface area contributed by atoms with Gasteiger partial charge in [0.2, 0.25) is 0 Å². The lowest BCUT2D eigenvalue weighted by molar-refractivity contribution is -0.139. The smallest absolute Gasteiger partial charge is 0.338 e. The third kappa shape index (κ3) is 2.40. The summed E-state index contributed by atoms with van der Waals surface area (Å²) in [6.07, 6.45) is 10.5. The molecule has 3 nitrogen and oxygen atoms in total. The first kappa shape index (κ1) is 11.3. The highest BCUT2D eigenvalue weighted by molar-refractivity contribution is 5.93. The van der Waals surface area contributed by atoms with Crippen LogP contribution < -0.4 is 0 Å². The molecule has 3 heterocycles. The third-order valence-corrected chi connectivity index (χ3v) is 3.32. The summed E-state index contributed by atoms with van der Waals surface area (Å²) in [7, 11) is 0. The maximum absolute atomic E-state index is 11.6. The van der Waals surface area contributed by atoms with Gasteiger partial charge in [-0.25, -0.2) is 4.79 Å². The van der Waals surface area contributed by atoms with E-state index in [-0.39, 0.29) is 12.1 Å². The van der Waals surface area contributed by atoms with Gasteiger partial charge in [0.1, 0.15) is 17.6 Å². The van der Waals surface area contributed by atoms with Crippen molar-refractivity contribution in [1.82, 2.24) is 0 Å². The van der Waals surface area contributed by atoms with Crippen molar-refractivity contribution in [3.05, 3.63) is 47.5 Å². The normalized spacial score (nSPS) is 25.4. The van der Waals surface area contributed by atoms with Crippen LogP contribution in [0.2, 0.25) is 0 Å². The Morgan fingerprint density at radius 3 is 3.00 bits per heavy atom. The van der Waals surface area contributed by atoms with Gasteiger partial charge in [-0.15, -0.1) is 0 Å². The Balaban J connectivity index is 1.84. The van der Waals surface area contributed by atoms with Crippen LogP contribution in [0, 0.1) is 0 Å². The van der Waals surface area contributed by atoms with Crippen LogP contribution in [-0.2, 0) is 22.4 Å². The largest absolute Gasteiger partial charge is 0.466 e. The van der Waals surface area contributed by atoms with Gasteiger partial charge in [-0.05, 0) is 37.5 Å². The monoisotopic (exact) mass is 244 g/mol. The molecule has 3 heteroatoms. The summed E-state index contributed by atoms with van der Waals surface area (Å²) in [4.78, 5) is 11.6. The number of furan rings is 1. The van der Waals surface area contributed by atoms with Gasteiger partial charge in [-0.1, -0.05) is 12.2 Å². The molecule has 0 fully saturated rings. The van der Waals surface area contributed by atoms with Gasteiger partial charge in [-0.3, -0.25) is 0 Å². The van der Waals surface area contributed by atoms with Gasteiger partial charge in [0.25, 0.3) is 0 Å². The molecule has 0 aliphatic carbocycles. The molecule has 0 amide bonds. The van der Waals surface area contributed by atoms with Crippen LogP contribution in [0.15, 0.2) is 40.4 Å². The summed E-state index contributed by atoms with van der Waals surface area (Å²) >= 11 is 0. The highest BCUT2D eigenvalue weighted by Crippen LogP contribution is 2.21. The molecular formula is C15H16O3. The van der Waals surface area contributed by atoms with Crippen LogP contribution in [0.3, 0.4) is 0 Å². The fourth-order valence-electron chi connectivity index (χ4n) is 2.37. The molecule has 4 bridgehead atoms. The average molecular weight is 244 g/mol. The Hall–Kier alpha value is -1.77. The van der Waals surface area contributed by atoms with Crippen molar-refractivity contribution in [1.29, 1.82) is 0 Å². The second-order valence-electron chi connectivity index (χ2n) is 4.79. The van der Waals surface area contributed by atoms with Crippen LogP contribution in [0.25, 0.3) is 0 Å². The molecule has 0 N–H and O–H groups in total. The van der Waals surface area contributed by atoms with E-state index in [1.54, 1.807) is 0 Å². The predicted molar refractivity (Wildman–Crippen MR) is 67.1 cm³/mol. The number of esters is 1. The van der Waals surface area contributed by atoms with Crippen molar-refractivity contribution < 1.29 is 13.9 Å². The van der Waals surface area contributed by atoms with E-state index in [1.807, 2.05) is 24.3 Å². The average Bonchev–Trinajstić information content (AvgIpc) is 2.92. The summed E-state index contributed by atoms with van der Waals surface area (Å²) in [5, 5.41) is 0. The highest BCUT2D eigenvalue weighted by atomic mass is 16.5. The fraction of sp³-hybridized carbons (Fsp3) is 0.400. The van der Waals surface area contributed by atoms with E-state index >= 15 is 0 Å². The van der Waals surface area contributed by atoms with Gasteiger partial charge in [0.15, 0.2) is 0 Å². The number of carbonyl (C=O) groups is 1. The number of allylic oxidation sites excluding steroid dienone is 1. The first-order chi connectivity index (χ1) is 8.81. The van der Waals surface area contributed by atoms with E-state index < -0.39 is 0 Å². The Morgan fingerprint density at radius 2 is 2.06 bits per heavy atom. The zero-order valence-electron chi connectivity index (χ0n) is 10.2. The zero-order valence-corrected chi connectivity index (χ0v) is 10.2. The van der Waals surface area contributed by atoms with E-state index in [4.69, 9.17) is 9.15 Å². The van der Waals surface area contributed by atoms with Crippen molar-refractivity contribution >= 4 is 5.97 Å². The summed E-state index contributed by atoms with van der Waals surface area (Å²) < 4.78 is 11.0. The lowest BCUT2D eigenvalue weighted by Gasteiger charge is -2.05. The SMILES string of the molecule is O=C1O[C@H]2C=C1/C=C\CCCCc1ccc(o1)C2. The maximum atomic E-state index is 11.6.